The van der Waals surface area contributed by atoms with Crippen molar-refractivity contribution >= 4 is 44.9 Å². The quantitative estimate of drug-likeness (QED) is 0.148. The zero-order valence-corrected chi connectivity index (χ0v) is 41.1. The molecule has 11 aromatic carbocycles. The van der Waals surface area contributed by atoms with Crippen molar-refractivity contribution in [2.45, 2.75) is 17.3 Å². The number of furan rings is 1. The molecule has 0 radical (unpaired) electrons. The minimum absolute atomic E-state index is 0.509. The van der Waals surface area contributed by atoms with Crippen molar-refractivity contribution in [2.75, 3.05) is 4.90 Å². The van der Waals surface area contributed by atoms with Gasteiger partial charge in [-0.15, -0.1) is 0 Å². The maximum Gasteiger partial charge on any atom is 0.135 e. The lowest BCUT2D eigenvalue weighted by atomic mass is 9.70. The van der Waals surface area contributed by atoms with Gasteiger partial charge in [0.2, 0.25) is 0 Å². The summed E-state index contributed by atoms with van der Waals surface area (Å²) in [6.07, 6.45) is 6.60. The second-order valence-corrected chi connectivity index (χ2v) is 20.6. The van der Waals surface area contributed by atoms with Crippen LogP contribution in [0.3, 0.4) is 0 Å². The number of hydrogen-bond acceptors (Lipinski definition) is 2. The molecule has 75 heavy (non-hydrogen) atoms. The van der Waals surface area contributed by atoms with Crippen molar-refractivity contribution in [3.8, 4) is 44.5 Å². The van der Waals surface area contributed by atoms with Crippen molar-refractivity contribution in [3.63, 3.8) is 0 Å². The molecule has 0 saturated heterocycles. The molecule has 0 atom stereocenters. The molecular weight excluding hydrogens is 907 g/mol. The third kappa shape index (κ3) is 5.58. The highest BCUT2D eigenvalue weighted by Crippen LogP contribution is 2.65. The highest BCUT2D eigenvalue weighted by atomic mass is 16.3. The third-order valence-electron chi connectivity index (χ3n) is 17.1. The minimum Gasteiger partial charge on any atom is -0.460 e. The summed E-state index contributed by atoms with van der Waals surface area (Å²) in [5.41, 5.74) is 26.2. The van der Waals surface area contributed by atoms with Gasteiger partial charge in [-0.3, -0.25) is 0 Å². The average Bonchev–Trinajstić information content (AvgIpc) is 4.27. The van der Waals surface area contributed by atoms with Crippen LogP contribution in [0.15, 0.2) is 266 Å². The van der Waals surface area contributed by atoms with Gasteiger partial charge in [-0.25, -0.2) is 0 Å². The Morgan fingerprint density at radius 3 is 1.23 bits per heavy atom. The Labute approximate surface area is 436 Å². The molecular formula is C73H47NO. The monoisotopic (exact) mass is 953 g/mol. The van der Waals surface area contributed by atoms with Gasteiger partial charge < -0.3 is 9.32 Å². The maximum absolute atomic E-state index is 7.00. The molecule has 0 amide bonds. The average molecular weight is 954 g/mol. The molecule has 4 aliphatic rings. The fourth-order valence-corrected chi connectivity index (χ4v) is 14.3. The topological polar surface area (TPSA) is 16.4 Å². The van der Waals surface area contributed by atoms with Crippen molar-refractivity contribution in [3.05, 3.63) is 323 Å². The molecule has 12 aromatic rings. The van der Waals surface area contributed by atoms with Gasteiger partial charge in [-0.1, -0.05) is 225 Å². The molecule has 0 fully saturated rings. The third-order valence-corrected chi connectivity index (χ3v) is 17.1. The summed E-state index contributed by atoms with van der Waals surface area (Å²) in [7, 11) is 0. The summed E-state index contributed by atoms with van der Waals surface area (Å²) in [5, 5.41) is 3.44. The molecule has 0 N–H and O–H groups in total. The lowest BCUT2D eigenvalue weighted by Gasteiger charge is -2.34. The second-order valence-electron chi connectivity index (χ2n) is 20.6. The molecule has 2 nitrogen and oxygen atoms in total. The molecule has 2 spiro atoms. The molecule has 16 rings (SSSR count). The van der Waals surface area contributed by atoms with Crippen LogP contribution in [-0.2, 0) is 17.3 Å². The molecule has 0 bridgehead atoms. The SMILES string of the molecule is C=C/C=C\c1c(Cc2ccccc2N(c2ccc3c(c2)C2(c4ccccc4-c4ccccc42)c2ccccc2-3)c2ccc3c(c2)C2(c4ccccc4-c4ccccc42)c2ccccc2-3)oc2cc3ccccc3cc12. The van der Waals surface area contributed by atoms with Crippen molar-refractivity contribution in [2.24, 2.45) is 0 Å². The molecule has 0 unspecified atom stereocenters. The van der Waals surface area contributed by atoms with E-state index in [0.717, 1.165) is 50.3 Å². The number of para-hydroxylation sites is 1. The molecule has 4 aliphatic carbocycles. The fourth-order valence-electron chi connectivity index (χ4n) is 14.3. The van der Waals surface area contributed by atoms with E-state index in [4.69, 9.17) is 4.42 Å². The zero-order chi connectivity index (χ0) is 49.4. The van der Waals surface area contributed by atoms with Crippen LogP contribution in [0.5, 0.6) is 0 Å². The fraction of sp³-hybridized carbons (Fsp3) is 0.0411. The largest absolute Gasteiger partial charge is 0.460 e. The number of nitrogens with zero attached hydrogens (tertiary/aromatic N) is 1. The first-order valence-corrected chi connectivity index (χ1v) is 26.1. The standard InChI is InChI=1S/C73H47NO/c1-2-3-23-59-60-41-46-20-4-5-21-47(46)42-71(60)75-70(59)43-48-22-6-19-36-69(48)74(49-37-39-57-55-28-11-17-34-65(55)72(67(57)44-49)61-30-13-7-24-51(61)52-25-8-14-31-62(52)72)50-38-40-58-56-29-12-18-35-66(56)73(68(58)45-50)63-32-15-9-26-53(63)54-27-10-16-33-64(54)73/h2-42,44-45H,1,43H2/b23-3-. The molecule has 2 heteroatoms. The van der Waals surface area contributed by atoms with Crippen LogP contribution in [0.25, 0.3) is 72.3 Å². The van der Waals surface area contributed by atoms with Crippen molar-refractivity contribution < 1.29 is 4.42 Å². The van der Waals surface area contributed by atoms with E-state index in [1.54, 1.807) is 0 Å². The summed E-state index contributed by atoms with van der Waals surface area (Å²) in [6, 6.07) is 91.1. The van der Waals surface area contributed by atoms with Crippen LogP contribution in [0, 0.1) is 0 Å². The second kappa shape index (κ2) is 15.8. The number of allylic oxidation sites excluding steroid dienone is 2. The van der Waals surface area contributed by atoms with E-state index in [1.807, 2.05) is 12.2 Å². The Bertz CT molecular complexity index is 4130. The van der Waals surface area contributed by atoms with E-state index in [0.29, 0.717) is 6.42 Å². The lowest BCUT2D eigenvalue weighted by Crippen LogP contribution is -2.26. The van der Waals surface area contributed by atoms with Crippen LogP contribution in [-0.4, -0.2) is 0 Å². The number of fused-ring (bicyclic) bond motifs is 22. The van der Waals surface area contributed by atoms with E-state index in [-0.39, 0.29) is 0 Å². The summed E-state index contributed by atoms with van der Waals surface area (Å²) >= 11 is 0. The van der Waals surface area contributed by atoms with E-state index >= 15 is 0 Å². The first-order chi connectivity index (χ1) is 37.2. The Balaban J connectivity index is 0.962. The van der Waals surface area contributed by atoms with Crippen LogP contribution < -0.4 is 4.90 Å². The van der Waals surface area contributed by atoms with Crippen molar-refractivity contribution in [1.29, 1.82) is 0 Å². The van der Waals surface area contributed by atoms with Gasteiger partial charge in [-0.05, 0) is 148 Å². The number of anilines is 3. The Hall–Kier alpha value is -9.50. The minimum atomic E-state index is -0.509. The summed E-state index contributed by atoms with van der Waals surface area (Å²) in [5.74, 6) is 0.913. The Kier molecular flexibility index (Phi) is 8.83. The predicted octanol–water partition coefficient (Wildman–Crippen LogP) is 18.5. The van der Waals surface area contributed by atoms with Crippen LogP contribution in [0.4, 0.5) is 17.1 Å². The number of rotatable bonds is 7. The zero-order valence-electron chi connectivity index (χ0n) is 41.1. The van der Waals surface area contributed by atoms with Crippen LogP contribution in [0.1, 0.15) is 61.4 Å². The number of benzene rings is 11. The highest BCUT2D eigenvalue weighted by Gasteiger charge is 2.53. The predicted molar refractivity (Wildman–Crippen MR) is 309 cm³/mol. The lowest BCUT2D eigenvalue weighted by molar-refractivity contribution is 0.562. The summed E-state index contributed by atoms with van der Waals surface area (Å²) in [4.78, 5) is 2.54. The van der Waals surface area contributed by atoms with Crippen LogP contribution >= 0.6 is 0 Å². The highest BCUT2D eigenvalue weighted by molar-refractivity contribution is 6.02. The smallest absolute Gasteiger partial charge is 0.135 e. The Morgan fingerprint density at radius 2 is 0.773 bits per heavy atom. The van der Waals surface area contributed by atoms with Gasteiger partial charge in [0, 0.05) is 34.4 Å². The van der Waals surface area contributed by atoms with Crippen LogP contribution in [0.2, 0.25) is 0 Å². The molecule has 0 saturated carbocycles. The molecule has 0 aliphatic heterocycles. The van der Waals surface area contributed by atoms with Gasteiger partial charge in [0.15, 0.2) is 0 Å². The molecule has 1 heterocycles. The first-order valence-electron chi connectivity index (χ1n) is 26.1. The van der Waals surface area contributed by atoms with Crippen molar-refractivity contribution in [1.82, 2.24) is 0 Å². The van der Waals surface area contributed by atoms with E-state index in [2.05, 4.69) is 260 Å². The number of hydrogen-bond donors (Lipinski definition) is 0. The van der Waals surface area contributed by atoms with Gasteiger partial charge >= 0.3 is 0 Å². The normalized spacial score (nSPS) is 14.1. The van der Waals surface area contributed by atoms with Gasteiger partial charge in [-0.2, -0.15) is 0 Å². The molecule has 1 aromatic heterocycles. The van der Waals surface area contributed by atoms with E-state index < -0.39 is 10.8 Å². The van der Waals surface area contributed by atoms with Gasteiger partial charge in [0.1, 0.15) is 11.3 Å². The van der Waals surface area contributed by atoms with Gasteiger partial charge in [0.25, 0.3) is 0 Å². The summed E-state index contributed by atoms with van der Waals surface area (Å²) < 4.78 is 7.00. The Morgan fingerprint density at radius 1 is 0.387 bits per heavy atom. The van der Waals surface area contributed by atoms with E-state index in [9.17, 15) is 0 Å². The van der Waals surface area contributed by atoms with E-state index in [1.165, 1.54) is 94.4 Å². The van der Waals surface area contributed by atoms with Gasteiger partial charge in [0.05, 0.1) is 10.8 Å². The summed E-state index contributed by atoms with van der Waals surface area (Å²) in [6.45, 7) is 4.06. The molecule has 350 valence electrons. The maximum atomic E-state index is 7.00. The first kappa shape index (κ1) is 42.1.